The lowest BCUT2D eigenvalue weighted by Crippen LogP contribution is -2.37. The fourth-order valence-electron chi connectivity index (χ4n) is 1.37. The van der Waals surface area contributed by atoms with Crippen molar-refractivity contribution in [3.05, 3.63) is 34.7 Å². The van der Waals surface area contributed by atoms with Gasteiger partial charge in [0.1, 0.15) is 6.29 Å². The van der Waals surface area contributed by atoms with Crippen LogP contribution in [0, 0.1) is 5.92 Å². The Labute approximate surface area is 81.4 Å². The van der Waals surface area contributed by atoms with Crippen LogP contribution in [0.2, 0.25) is 0 Å². The Hall–Kier alpha value is -1.58. The summed E-state index contributed by atoms with van der Waals surface area (Å²) in [4.78, 5) is 13.2. The van der Waals surface area contributed by atoms with Crippen LogP contribution in [0.4, 0.5) is 0 Å². The molecule has 0 aromatic carbocycles. The maximum atomic E-state index is 10.7. The van der Waals surface area contributed by atoms with Gasteiger partial charge in [-0.25, -0.2) is 0 Å². The number of carbonyl (C=O) groups is 1. The predicted octanol–water partition coefficient (Wildman–Crippen LogP) is 1.36. The maximum absolute atomic E-state index is 10.7. The van der Waals surface area contributed by atoms with Crippen LogP contribution in [0.1, 0.15) is 6.42 Å². The molecule has 0 aromatic heterocycles. The van der Waals surface area contributed by atoms with Gasteiger partial charge in [0.15, 0.2) is 0 Å². The van der Waals surface area contributed by atoms with Crippen molar-refractivity contribution < 1.29 is 9.90 Å². The quantitative estimate of drug-likeness (QED) is 0.316. The van der Waals surface area contributed by atoms with Gasteiger partial charge in [0.05, 0.1) is 11.5 Å². The van der Waals surface area contributed by atoms with Crippen LogP contribution in [0.25, 0.3) is 10.4 Å². The lowest BCUT2D eigenvalue weighted by Gasteiger charge is -2.29. The monoisotopic (exact) mass is 193 g/mol. The lowest BCUT2D eigenvalue weighted by atomic mass is 9.82. The van der Waals surface area contributed by atoms with Crippen molar-refractivity contribution >= 4 is 6.29 Å². The average Bonchev–Trinajstić information content (AvgIpc) is 2.19. The van der Waals surface area contributed by atoms with Gasteiger partial charge >= 0.3 is 0 Å². The van der Waals surface area contributed by atoms with Crippen molar-refractivity contribution in [2.45, 2.75) is 12.0 Å². The molecule has 0 fully saturated rings. The second kappa shape index (κ2) is 4.60. The van der Waals surface area contributed by atoms with Gasteiger partial charge in [0.25, 0.3) is 0 Å². The topological polar surface area (TPSA) is 86.1 Å². The van der Waals surface area contributed by atoms with Gasteiger partial charge in [0.2, 0.25) is 0 Å². The summed E-state index contributed by atoms with van der Waals surface area (Å²) < 4.78 is 0. The molecule has 0 aromatic rings. The molecule has 2 unspecified atom stereocenters. The SMILES string of the molecule is [N-]=[N+]=NCCC1(O)C=CC=CC1C=O. The van der Waals surface area contributed by atoms with E-state index >= 15 is 0 Å². The van der Waals surface area contributed by atoms with Gasteiger partial charge < -0.3 is 9.90 Å². The molecule has 0 aliphatic heterocycles. The number of nitrogens with zero attached hydrogens (tertiary/aromatic N) is 3. The first-order valence-electron chi connectivity index (χ1n) is 4.27. The van der Waals surface area contributed by atoms with Gasteiger partial charge in [-0.3, -0.25) is 0 Å². The molecule has 0 heterocycles. The zero-order chi connectivity index (χ0) is 10.4. The van der Waals surface area contributed by atoms with Crippen molar-refractivity contribution in [2.24, 2.45) is 11.0 Å². The van der Waals surface area contributed by atoms with Crippen molar-refractivity contribution in [3.8, 4) is 0 Å². The molecule has 1 aliphatic rings. The first-order chi connectivity index (χ1) is 6.73. The van der Waals surface area contributed by atoms with Gasteiger partial charge in [-0.05, 0) is 12.0 Å². The molecule has 5 heteroatoms. The second-order valence-corrected chi connectivity index (χ2v) is 3.10. The van der Waals surface area contributed by atoms with Gasteiger partial charge in [-0.1, -0.05) is 29.4 Å². The third kappa shape index (κ3) is 2.22. The van der Waals surface area contributed by atoms with Gasteiger partial charge in [-0.15, -0.1) is 0 Å². The Morgan fingerprint density at radius 2 is 2.43 bits per heavy atom. The molecule has 14 heavy (non-hydrogen) atoms. The molecule has 1 aliphatic carbocycles. The van der Waals surface area contributed by atoms with E-state index in [1.807, 2.05) is 0 Å². The van der Waals surface area contributed by atoms with E-state index in [0.717, 1.165) is 0 Å². The van der Waals surface area contributed by atoms with E-state index in [1.165, 1.54) is 0 Å². The van der Waals surface area contributed by atoms with Crippen LogP contribution in [0.3, 0.4) is 0 Å². The van der Waals surface area contributed by atoms with Crippen molar-refractivity contribution in [1.29, 1.82) is 0 Å². The molecule has 0 bridgehead atoms. The number of aldehydes is 1. The maximum Gasteiger partial charge on any atom is 0.130 e. The second-order valence-electron chi connectivity index (χ2n) is 3.10. The van der Waals surface area contributed by atoms with E-state index in [9.17, 15) is 9.90 Å². The Morgan fingerprint density at radius 1 is 1.64 bits per heavy atom. The Bertz CT molecular complexity index is 318. The summed E-state index contributed by atoms with van der Waals surface area (Å²) in [5.74, 6) is -0.554. The highest BCUT2D eigenvalue weighted by Gasteiger charge is 2.32. The van der Waals surface area contributed by atoms with Crippen molar-refractivity contribution in [2.75, 3.05) is 6.54 Å². The molecular weight excluding hydrogens is 182 g/mol. The van der Waals surface area contributed by atoms with Crippen molar-refractivity contribution in [3.63, 3.8) is 0 Å². The van der Waals surface area contributed by atoms with E-state index in [4.69, 9.17) is 5.53 Å². The van der Waals surface area contributed by atoms with E-state index in [1.54, 1.807) is 24.3 Å². The average molecular weight is 193 g/mol. The third-order valence-corrected chi connectivity index (χ3v) is 2.21. The molecule has 74 valence electrons. The van der Waals surface area contributed by atoms with Gasteiger partial charge in [0, 0.05) is 11.5 Å². The summed E-state index contributed by atoms with van der Waals surface area (Å²) >= 11 is 0. The first kappa shape index (κ1) is 10.5. The lowest BCUT2D eigenvalue weighted by molar-refractivity contribution is -0.115. The summed E-state index contributed by atoms with van der Waals surface area (Å²) in [7, 11) is 0. The molecule has 1 rings (SSSR count). The van der Waals surface area contributed by atoms with Crippen LogP contribution < -0.4 is 0 Å². The number of hydrogen-bond donors (Lipinski definition) is 1. The minimum atomic E-state index is -1.20. The predicted molar refractivity (Wildman–Crippen MR) is 51.4 cm³/mol. The molecule has 1 N–H and O–H groups in total. The number of aliphatic hydroxyl groups is 1. The van der Waals surface area contributed by atoms with Crippen LogP contribution in [0.5, 0.6) is 0 Å². The van der Waals surface area contributed by atoms with Gasteiger partial charge in [-0.2, -0.15) is 0 Å². The normalized spacial score (nSPS) is 29.6. The summed E-state index contributed by atoms with van der Waals surface area (Å²) in [6.45, 7) is 0.176. The number of carbonyl (C=O) groups excluding carboxylic acids is 1. The summed E-state index contributed by atoms with van der Waals surface area (Å²) in [6.07, 6.45) is 7.51. The van der Waals surface area contributed by atoms with E-state index in [0.29, 0.717) is 6.29 Å². The number of azide groups is 1. The molecule has 0 radical (unpaired) electrons. The minimum absolute atomic E-state index is 0.176. The molecule has 0 spiro atoms. The zero-order valence-electron chi connectivity index (χ0n) is 7.58. The molecular formula is C9H11N3O2. The largest absolute Gasteiger partial charge is 0.385 e. The molecule has 2 atom stereocenters. The summed E-state index contributed by atoms with van der Waals surface area (Å²) in [5, 5.41) is 13.3. The molecule has 5 nitrogen and oxygen atoms in total. The zero-order valence-corrected chi connectivity index (χ0v) is 7.58. The van der Waals surface area contributed by atoms with E-state index in [2.05, 4.69) is 10.0 Å². The van der Waals surface area contributed by atoms with E-state index < -0.39 is 11.5 Å². The Balaban J connectivity index is 2.69. The molecule has 0 saturated carbocycles. The first-order valence-corrected chi connectivity index (χ1v) is 4.27. The van der Waals surface area contributed by atoms with Crippen LogP contribution in [-0.4, -0.2) is 23.5 Å². The van der Waals surface area contributed by atoms with Crippen LogP contribution >= 0.6 is 0 Å². The number of rotatable bonds is 4. The third-order valence-electron chi connectivity index (χ3n) is 2.21. The summed E-state index contributed by atoms with van der Waals surface area (Å²) in [6, 6.07) is 0. The highest BCUT2D eigenvalue weighted by Crippen LogP contribution is 2.26. The van der Waals surface area contributed by atoms with Crippen LogP contribution in [-0.2, 0) is 4.79 Å². The number of allylic oxidation sites excluding steroid dienone is 2. The standard InChI is InChI=1S/C9H11N3O2/c10-12-11-6-5-9(14)4-2-1-3-8(9)7-13/h1-4,7-8,14H,5-6H2. The Kier molecular flexibility index (Phi) is 3.45. The smallest absolute Gasteiger partial charge is 0.130 e. The highest BCUT2D eigenvalue weighted by atomic mass is 16.3. The minimum Gasteiger partial charge on any atom is -0.385 e. The molecule has 0 saturated heterocycles. The fourth-order valence-corrected chi connectivity index (χ4v) is 1.37. The Morgan fingerprint density at radius 3 is 3.07 bits per heavy atom. The van der Waals surface area contributed by atoms with E-state index in [-0.39, 0.29) is 13.0 Å². The van der Waals surface area contributed by atoms with Crippen molar-refractivity contribution in [1.82, 2.24) is 0 Å². The summed E-state index contributed by atoms with van der Waals surface area (Å²) in [5.41, 5.74) is 6.87. The molecule has 0 amide bonds. The fraction of sp³-hybridized carbons (Fsp3) is 0.444. The highest BCUT2D eigenvalue weighted by molar-refractivity contribution is 5.61. The van der Waals surface area contributed by atoms with Crippen LogP contribution in [0.15, 0.2) is 29.4 Å². The number of hydrogen-bond acceptors (Lipinski definition) is 3.